The van der Waals surface area contributed by atoms with E-state index in [0.29, 0.717) is 31.8 Å². The first-order valence-electron chi connectivity index (χ1n) is 9.06. The van der Waals surface area contributed by atoms with Crippen LogP contribution < -0.4 is 0 Å². The molecule has 0 aromatic rings. The van der Waals surface area contributed by atoms with Crippen molar-refractivity contribution in [3.8, 4) is 0 Å². The van der Waals surface area contributed by atoms with Crippen LogP contribution in [0, 0.1) is 11.3 Å². The van der Waals surface area contributed by atoms with Gasteiger partial charge in [0.1, 0.15) is 0 Å². The van der Waals surface area contributed by atoms with Crippen molar-refractivity contribution in [3.63, 3.8) is 0 Å². The summed E-state index contributed by atoms with van der Waals surface area (Å²) in [6, 6.07) is 0. The Morgan fingerprint density at radius 2 is 1.92 bits per heavy atom. The summed E-state index contributed by atoms with van der Waals surface area (Å²) in [5.41, 5.74) is 0.677. The van der Waals surface area contributed by atoms with Gasteiger partial charge in [-0.05, 0) is 65.2 Å². The number of carbonyl (C=O) groups is 1. The highest BCUT2D eigenvalue weighted by molar-refractivity contribution is 5.75. The van der Waals surface area contributed by atoms with E-state index >= 15 is 0 Å². The number of hydrogen-bond acceptors (Lipinski definition) is 4. The van der Waals surface area contributed by atoms with Gasteiger partial charge in [0.15, 0.2) is 0 Å². The maximum Gasteiger partial charge on any atom is 0.311 e. The van der Waals surface area contributed by atoms with Crippen LogP contribution in [0.1, 0.15) is 66.2 Å². The molecule has 0 aromatic carbocycles. The van der Waals surface area contributed by atoms with Gasteiger partial charge in [-0.15, -0.1) is 0 Å². The van der Waals surface area contributed by atoms with Crippen molar-refractivity contribution < 1.29 is 19.7 Å². The van der Waals surface area contributed by atoms with Gasteiger partial charge in [-0.3, -0.25) is 4.79 Å². The van der Waals surface area contributed by atoms with Crippen molar-refractivity contribution in [2.75, 3.05) is 6.61 Å². The molecular weight excluding hydrogens is 304 g/mol. The van der Waals surface area contributed by atoms with Crippen molar-refractivity contribution in [2.45, 2.75) is 78.4 Å². The fourth-order valence-electron chi connectivity index (χ4n) is 2.71. The summed E-state index contributed by atoms with van der Waals surface area (Å²) in [5, 5.41) is 19.3. The Hall–Kier alpha value is -1.13. The van der Waals surface area contributed by atoms with E-state index < -0.39 is 17.6 Å². The highest BCUT2D eigenvalue weighted by atomic mass is 16.5. The van der Waals surface area contributed by atoms with Gasteiger partial charge >= 0.3 is 5.97 Å². The Morgan fingerprint density at radius 3 is 2.50 bits per heavy atom. The third-order valence-corrected chi connectivity index (χ3v) is 4.19. The molecular formula is C20H34O4. The number of aliphatic hydroxyl groups is 2. The number of allylic oxidation sites excluding steroid dienone is 3. The van der Waals surface area contributed by atoms with Gasteiger partial charge in [0.2, 0.25) is 0 Å². The van der Waals surface area contributed by atoms with Crippen molar-refractivity contribution >= 4 is 5.97 Å². The van der Waals surface area contributed by atoms with Gasteiger partial charge in [0.05, 0.1) is 24.2 Å². The van der Waals surface area contributed by atoms with Crippen LogP contribution in [0.3, 0.4) is 0 Å². The third kappa shape index (κ3) is 8.65. The van der Waals surface area contributed by atoms with Crippen LogP contribution in [-0.2, 0) is 9.53 Å². The zero-order chi connectivity index (χ0) is 18.2. The van der Waals surface area contributed by atoms with Gasteiger partial charge in [-0.25, -0.2) is 0 Å². The smallest absolute Gasteiger partial charge is 0.311 e. The van der Waals surface area contributed by atoms with Crippen LogP contribution in [0.4, 0.5) is 0 Å². The number of carbonyl (C=O) groups excluding carboxylic acids is 1. The molecule has 1 aliphatic rings. The van der Waals surface area contributed by atoms with Crippen LogP contribution in [0.25, 0.3) is 0 Å². The molecule has 0 amide bonds. The van der Waals surface area contributed by atoms with Gasteiger partial charge in [0.25, 0.3) is 0 Å². The summed E-state index contributed by atoms with van der Waals surface area (Å²) in [6.45, 7) is 8.18. The normalized spacial score (nSPS) is 23.3. The maximum absolute atomic E-state index is 11.7. The molecule has 138 valence electrons. The predicted molar refractivity (Wildman–Crippen MR) is 96.5 cm³/mol. The molecule has 0 spiro atoms. The minimum atomic E-state index is -0.434. The molecule has 2 N–H and O–H groups in total. The first-order chi connectivity index (χ1) is 11.2. The second kappa shape index (κ2) is 10.00. The summed E-state index contributed by atoms with van der Waals surface area (Å²) >= 11 is 0. The molecule has 0 aliphatic heterocycles. The summed E-state index contributed by atoms with van der Waals surface area (Å²) in [4.78, 5) is 11.7. The van der Waals surface area contributed by atoms with Gasteiger partial charge < -0.3 is 14.9 Å². The first-order valence-corrected chi connectivity index (χ1v) is 9.06. The number of ether oxygens (including phenoxy) is 1. The summed E-state index contributed by atoms with van der Waals surface area (Å²) in [6.07, 6.45) is 10.2. The Labute approximate surface area is 146 Å². The number of rotatable bonds is 7. The van der Waals surface area contributed by atoms with Crippen molar-refractivity contribution in [3.05, 3.63) is 23.8 Å². The van der Waals surface area contributed by atoms with E-state index in [9.17, 15) is 15.0 Å². The second-order valence-corrected chi connectivity index (χ2v) is 8.09. The zero-order valence-electron chi connectivity index (χ0n) is 15.6. The topological polar surface area (TPSA) is 66.8 Å². The van der Waals surface area contributed by atoms with Crippen molar-refractivity contribution in [1.82, 2.24) is 0 Å². The predicted octanol–water partition coefficient (Wildman–Crippen LogP) is 3.77. The molecule has 1 aliphatic carbocycles. The molecule has 0 bridgehead atoms. The number of hydrogen-bond donors (Lipinski definition) is 2. The Balaban J connectivity index is 2.17. The molecule has 0 aromatic heterocycles. The Kier molecular flexibility index (Phi) is 8.71. The van der Waals surface area contributed by atoms with Crippen LogP contribution in [0.5, 0.6) is 0 Å². The van der Waals surface area contributed by atoms with E-state index in [1.54, 1.807) is 0 Å². The molecule has 4 nitrogen and oxygen atoms in total. The lowest BCUT2D eigenvalue weighted by Gasteiger charge is -2.24. The van der Waals surface area contributed by atoms with Crippen molar-refractivity contribution in [2.24, 2.45) is 11.3 Å². The molecule has 0 radical (unpaired) electrons. The molecule has 1 rings (SSSR count). The van der Waals surface area contributed by atoms with E-state index in [2.05, 4.69) is 13.0 Å². The van der Waals surface area contributed by atoms with E-state index in [0.717, 1.165) is 24.8 Å². The van der Waals surface area contributed by atoms with Gasteiger partial charge in [-0.1, -0.05) is 30.7 Å². The summed E-state index contributed by atoms with van der Waals surface area (Å²) in [5.74, 6) is 0.226. The molecule has 24 heavy (non-hydrogen) atoms. The lowest BCUT2D eigenvalue weighted by Crippen LogP contribution is -2.25. The molecule has 1 fully saturated rings. The molecule has 3 atom stereocenters. The fourth-order valence-corrected chi connectivity index (χ4v) is 2.71. The Bertz CT molecular complexity index is 433. The molecule has 0 unspecified atom stereocenters. The lowest BCUT2D eigenvalue weighted by atomic mass is 9.90. The maximum atomic E-state index is 11.7. The largest absolute Gasteiger partial charge is 0.465 e. The molecule has 4 heteroatoms. The second-order valence-electron chi connectivity index (χ2n) is 8.09. The minimum Gasteiger partial charge on any atom is -0.465 e. The SMILES string of the molecule is C[C@@H](CCC/C=C/C=C1C[C@@H](O)C[C@H](O)C1)COC(=O)C(C)(C)C. The molecule has 0 saturated heterocycles. The number of aliphatic hydroxyl groups excluding tert-OH is 2. The molecule has 1 saturated carbocycles. The van der Waals surface area contributed by atoms with E-state index in [1.807, 2.05) is 32.9 Å². The monoisotopic (exact) mass is 338 g/mol. The number of unbranched alkanes of at least 4 members (excludes halogenated alkanes) is 1. The van der Waals surface area contributed by atoms with Gasteiger partial charge in [-0.2, -0.15) is 0 Å². The Morgan fingerprint density at radius 1 is 1.29 bits per heavy atom. The van der Waals surface area contributed by atoms with Crippen molar-refractivity contribution in [1.29, 1.82) is 0 Å². The highest BCUT2D eigenvalue weighted by Crippen LogP contribution is 2.24. The average molecular weight is 338 g/mol. The quantitative estimate of drug-likeness (QED) is 0.548. The first kappa shape index (κ1) is 20.9. The summed E-state index contributed by atoms with van der Waals surface area (Å²) in [7, 11) is 0. The lowest BCUT2D eigenvalue weighted by molar-refractivity contribution is -0.154. The summed E-state index contributed by atoms with van der Waals surface area (Å²) < 4.78 is 5.33. The van der Waals surface area contributed by atoms with E-state index in [-0.39, 0.29) is 5.97 Å². The van der Waals surface area contributed by atoms with Crippen LogP contribution in [-0.4, -0.2) is 35.0 Å². The number of esters is 1. The van der Waals surface area contributed by atoms with Crippen LogP contribution in [0.2, 0.25) is 0 Å². The fraction of sp³-hybridized carbons (Fsp3) is 0.750. The van der Waals surface area contributed by atoms with E-state index in [4.69, 9.17) is 4.74 Å². The van der Waals surface area contributed by atoms with Crippen LogP contribution in [0.15, 0.2) is 23.8 Å². The average Bonchev–Trinajstić information content (AvgIpc) is 2.46. The minimum absolute atomic E-state index is 0.141. The standard InChI is InChI=1S/C20H34O4/c1-15(14-24-19(23)20(2,3)4)9-7-5-6-8-10-16-11-17(21)13-18(22)12-16/h6,8,10,15,17-18,21-22H,5,7,9,11-14H2,1-4H3/b8-6+/t15-,17+,18+/m0/s1. The van der Waals surface area contributed by atoms with E-state index in [1.165, 1.54) is 0 Å². The highest BCUT2D eigenvalue weighted by Gasteiger charge is 2.23. The van der Waals surface area contributed by atoms with Crippen LogP contribution >= 0.6 is 0 Å². The zero-order valence-corrected chi connectivity index (χ0v) is 15.6. The third-order valence-electron chi connectivity index (χ3n) is 4.19. The molecule has 0 heterocycles. The van der Waals surface area contributed by atoms with Gasteiger partial charge in [0, 0.05) is 0 Å².